The average molecular weight is 352 g/mol. The third-order valence-corrected chi connectivity index (χ3v) is 4.54. The van der Waals surface area contributed by atoms with Gasteiger partial charge < -0.3 is 15.1 Å². The summed E-state index contributed by atoms with van der Waals surface area (Å²) >= 11 is 0. The van der Waals surface area contributed by atoms with Crippen molar-refractivity contribution in [2.45, 2.75) is 20.8 Å². The summed E-state index contributed by atoms with van der Waals surface area (Å²) in [7, 11) is 0. The van der Waals surface area contributed by atoms with E-state index in [4.69, 9.17) is 0 Å². The van der Waals surface area contributed by atoms with E-state index in [9.17, 15) is 9.59 Å². The molecule has 26 heavy (non-hydrogen) atoms. The van der Waals surface area contributed by atoms with Crippen molar-refractivity contribution in [1.29, 1.82) is 0 Å². The molecule has 1 aromatic heterocycles. The van der Waals surface area contributed by atoms with Gasteiger partial charge in [0.25, 0.3) is 5.91 Å². The van der Waals surface area contributed by atoms with E-state index in [1.54, 1.807) is 19.2 Å². The number of benzene rings is 1. The molecule has 0 saturated carbocycles. The van der Waals surface area contributed by atoms with Crippen molar-refractivity contribution in [1.82, 2.24) is 9.88 Å². The molecule has 136 valence electrons. The van der Waals surface area contributed by atoms with Crippen LogP contribution in [0.1, 0.15) is 28.4 Å². The van der Waals surface area contributed by atoms with Crippen LogP contribution < -0.4 is 10.2 Å². The summed E-state index contributed by atoms with van der Waals surface area (Å²) < 4.78 is 0. The van der Waals surface area contributed by atoms with Crippen LogP contribution in [0.3, 0.4) is 0 Å². The maximum atomic E-state index is 12.4. The lowest BCUT2D eigenvalue weighted by atomic mass is 10.1. The predicted molar refractivity (Wildman–Crippen MR) is 103 cm³/mol. The Morgan fingerprint density at radius 1 is 1.00 bits per heavy atom. The fourth-order valence-electron chi connectivity index (χ4n) is 3.21. The van der Waals surface area contributed by atoms with Crippen LogP contribution >= 0.6 is 0 Å². The van der Waals surface area contributed by atoms with Gasteiger partial charge in [-0.1, -0.05) is 6.07 Å². The topological polar surface area (TPSA) is 65.5 Å². The Balaban J connectivity index is 1.64. The number of nitrogens with zero attached hydrogens (tertiary/aromatic N) is 3. The Labute approximate surface area is 153 Å². The van der Waals surface area contributed by atoms with Crippen LogP contribution in [0.2, 0.25) is 0 Å². The Hall–Kier alpha value is -2.89. The van der Waals surface area contributed by atoms with Gasteiger partial charge in [-0.15, -0.1) is 0 Å². The van der Waals surface area contributed by atoms with Gasteiger partial charge in [-0.3, -0.25) is 9.59 Å². The van der Waals surface area contributed by atoms with Gasteiger partial charge in [-0.05, 0) is 49.2 Å². The molecule has 2 aromatic rings. The number of piperazine rings is 1. The van der Waals surface area contributed by atoms with Crippen molar-refractivity contribution in [2.75, 3.05) is 36.4 Å². The van der Waals surface area contributed by atoms with Crippen molar-refractivity contribution in [3.63, 3.8) is 0 Å². The third-order valence-electron chi connectivity index (χ3n) is 4.54. The molecule has 2 amide bonds. The second-order valence-electron chi connectivity index (χ2n) is 6.73. The highest BCUT2D eigenvalue weighted by molar-refractivity contribution is 6.04. The van der Waals surface area contributed by atoms with Gasteiger partial charge in [0.1, 0.15) is 5.82 Å². The Morgan fingerprint density at radius 3 is 2.19 bits per heavy atom. The molecule has 1 N–H and O–H groups in total. The minimum absolute atomic E-state index is 0.107. The lowest BCUT2D eigenvalue weighted by molar-refractivity contribution is -0.129. The summed E-state index contributed by atoms with van der Waals surface area (Å²) in [5.74, 6) is 0.766. The number of carbonyl (C=O) groups is 2. The van der Waals surface area contributed by atoms with Gasteiger partial charge in [0, 0.05) is 45.0 Å². The molecular weight excluding hydrogens is 328 g/mol. The number of aromatic nitrogens is 1. The van der Waals surface area contributed by atoms with Gasteiger partial charge in [0.2, 0.25) is 5.91 Å². The van der Waals surface area contributed by atoms with E-state index in [1.165, 1.54) is 0 Å². The third kappa shape index (κ3) is 4.20. The van der Waals surface area contributed by atoms with Gasteiger partial charge in [0.15, 0.2) is 0 Å². The number of aryl methyl sites for hydroxylation is 2. The summed E-state index contributed by atoms with van der Waals surface area (Å²) in [5.41, 5.74) is 3.53. The summed E-state index contributed by atoms with van der Waals surface area (Å²) in [6, 6.07) is 9.61. The molecule has 3 rings (SSSR count). The maximum absolute atomic E-state index is 12.4. The first-order valence-electron chi connectivity index (χ1n) is 8.78. The highest BCUT2D eigenvalue weighted by Crippen LogP contribution is 2.17. The van der Waals surface area contributed by atoms with Crippen LogP contribution in [-0.2, 0) is 4.79 Å². The maximum Gasteiger partial charge on any atom is 0.257 e. The lowest BCUT2D eigenvalue weighted by Gasteiger charge is -2.34. The normalized spacial score (nSPS) is 14.3. The van der Waals surface area contributed by atoms with E-state index in [0.29, 0.717) is 18.7 Å². The average Bonchev–Trinajstić information content (AvgIpc) is 2.61. The van der Waals surface area contributed by atoms with Crippen LogP contribution in [-0.4, -0.2) is 47.9 Å². The van der Waals surface area contributed by atoms with Crippen molar-refractivity contribution in [2.24, 2.45) is 0 Å². The van der Waals surface area contributed by atoms with E-state index in [0.717, 1.165) is 35.7 Å². The smallest absolute Gasteiger partial charge is 0.257 e. The number of hydrogen-bond acceptors (Lipinski definition) is 4. The van der Waals surface area contributed by atoms with E-state index >= 15 is 0 Å². The summed E-state index contributed by atoms with van der Waals surface area (Å²) in [5, 5.41) is 2.92. The zero-order chi connectivity index (χ0) is 18.7. The van der Waals surface area contributed by atoms with Crippen LogP contribution in [0.5, 0.6) is 0 Å². The minimum atomic E-state index is -0.171. The summed E-state index contributed by atoms with van der Waals surface area (Å²) in [4.78, 5) is 32.2. The molecule has 0 aliphatic carbocycles. The zero-order valence-electron chi connectivity index (χ0n) is 15.5. The molecule has 1 aliphatic heterocycles. The molecule has 1 aromatic carbocycles. The Morgan fingerprint density at radius 2 is 1.65 bits per heavy atom. The molecule has 0 unspecified atom stereocenters. The number of carbonyl (C=O) groups excluding carboxylic acids is 2. The van der Waals surface area contributed by atoms with Crippen molar-refractivity contribution >= 4 is 23.3 Å². The van der Waals surface area contributed by atoms with E-state index in [1.807, 2.05) is 36.9 Å². The standard InChI is InChI=1S/C20H24N4O2/c1-14-10-15(2)12-18(11-14)22-20(26)17-4-5-19(21-13-17)24-8-6-23(7-9-24)16(3)25/h4-5,10-13H,6-9H2,1-3H3,(H,22,26). The lowest BCUT2D eigenvalue weighted by Crippen LogP contribution is -2.48. The van der Waals surface area contributed by atoms with Crippen LogP contribution in [0.25, 0.3) is 0 Å². The molecular formula is C20H24N4O2. The highest BCUT2D eigenvalue weighted by atomic mass is 16.2. The highest BCUT2D eigenvalue weighted by Gasteiger charge is 2.19. The molecule has 1 fully saturated rings. The Kier molecular flexibility index (Phi) is 5.21. The van der Waals surface area contributed by atoms with E-state index in [-0.39, 0.29) is 11.8 Å². The number of nitrogens with one attached hydrogen (secondary N) is 1. The van der Waals surface area contributed by atoms with Crippen molar-refractivity contribution in [3.8, 4) is 0 Å². The van der Waals surface area contributed by atoms with Crippen molar-refractivity contribution in [3.05, 3.63) is 53.2 Å². The second-order valence-corrected chi connectivity index (χ2v) is 6.73. The quantitative estimate of drug-likeness (QED) is 0.922. The fraction of sp³-hybridized carbons (Fsp3) is 0.350. The van der Waals surface area contributed by atoms with Crippen LogP contribution in [0, 0.1) is 13.8 Å². The number of pyridine rings is 1. The summed E-state index contributed by atoms with van der Waals surface area (Å²) in [6.45, 7) is 8.51. The Bertz CT molecular complexity index is 789. The molecule has 0 atom stereocenters. The zero-order valence-corrected chi connectivity index (χ0v) is 15.5. The summed E-state index contributed by atoms with van der Waals surface area (Å²) in [6.07, 6.45) is 1.60. The second kappa shape index (κ2) is 7.56. The minimum Gasteiger partial charge on any atom is -0.353 e. The molecule has 2 heterocycles. The number of anilines is 2. The van der Waals surface area contributed by atoms with E-state index < -0.39 is 0 Å². The van der Waals surface area contributed by atoms with Gasteiger partial charge in [-0.2, -0.15) is 0 Å². The monoisotopic (exact) mass is 352 g/mol. The van der Waals surface area contributed by atoms with E-state index in [2.05, 4.69) is 21.3 Å². The first-order valence-corrected chi connectivity index (χ1v) is 8.78. The molecule has 6 nitrogen and oxygen atoms in total. The molecule has 6 heteroatoms. The molecule has 1 aliphatic rings. The first kappa shape index (κ1) is 17.9. The van der Waals surface area contributed by atoms with Gasteiger partial charge >= 0.3 is 0 Å². The predicted octanol–water partition coefficient (Wildman–Crippen LogP) is 2.62. The number of rotatable bonds is 3. The molecule has 0 bridgehead atoms. The fourth-order valence-corrected chi connectivity index (χ4v) is 3.21. The molecule has 0 radical (unpaired) electrons. The number of hydrogen-bond donors (Lipinski definition) is 1. The molecule has 1 saturated heterocycles. The number of amides is 2. The first-order chi connectivity index (χ1) is 12.4. The van der Waals surface area contributed by atoms with Crippen LogP contribution in [0.4, 0.5) is 11.5 Å². The van der Waals surface area contributed by atoms with Crippen molar-refractivity contribution < 1.29 is 9.59 Å². The largest absolute Gasteiger partial charge is 0.353 e. The van der Waals surface area contributed by atoms with Gasteiger partial charge in [0.05, 0.1) is 5.56 Å². The molecule has 0 spiro atoms. The van der Waals surface area contributed by atoms with Gasteiger partial charge in [-0.25, -0.2) is 4.98 Å². The SMILES string of the molecule is CC(=O)N1CCN(c2ccc(C(=O)Nc3cc(C)cc(C)c3)cn2)CC1. The van der Waals surface area contributed by atoms with Crippen LogP contribution in [0.15, 0.2) is 36.5 Å².